The highest BCUT2D eigenvalue weighted by Crippen LogP contribution is 2.38. The second kappa shape index (κ2) is 12.7. The van der Waals surface area contributed by atoms with E-state index in [-0.39, 0.29) is 58.8 Å². The number of fused-ring (bicyclic) bond motifs is 4. The average Bonchev–Trinajstić information content (AvgIpc) is 3.18. The number of nitrogens with zero attached hydrogens (tertiary/aromatic N) is 2. The third-order valence-electron chi connectivity index (χ3n) is 8.97. The molecule has 1 aromatic heterocycles. The van der Waals surface area contributed by atoms with Crippen molar-refractivity contribution in [3.8, 4) is 5.75 Å². The van der Waals surface area contributed by atoms with Crippen LogP contribution in [0.2, 0.25) is 18.1 Å². The molecule has 0 radical (unpaired) electrons. The van der Waals surface area contributed by atoms with E-state index in [1.165, 1.54) is 12.3 Å². The Morgan fingerprint density at radius 1 is 1.09 bits per heavy atom. The van der Waals surface area contributed by atoms with Crippen molar-refractivity contribution in [2.45, 2.75) is 70.6 Å². The summed E-state index contributed by atoms with van der Waals surface area (Å²) in [7, 11) is -2.11. The first-order chi connectivity index (χ1) is 21.3. The molecule has 238 valence electrons. The van der Waals surface area contributed by atoms with Gasteiger partial charge in [0, 0.05) is 30.9 Å². The molecule has 2 amide bonds. The molecule has 8 nitrogen and oxygen atoms in total. The lowest BCUT2D eigenvalue weighted by Gasteiger charge is -2.41. The topological polar surface area (TPSA) is 89.9 Å². The summed E-state index contributed by atoms with van der Waals surface area (Å²) in [4.78, 5) is 43.2. The molecule has 3 heterocycles. The summed E-state index contributed by atoms with van der Waals surface area (Å²) >= 11 is 0. The number of carbonyl (C=O) groups excluding carboxylic acids is 2. The molecule has 2 aliphatic rings. The van der Waals surface area contributed by atoms with Crippen LogP contribution in [0.4, 0.5) is 8.78 Å². The molecule has 1 N–H and O–H groups in total. The molecule has 0 saturated heterocycles. The Morgan fingerprint density at radius 2 is 1.82 bits per heavy atom. The standard InChI is InChI=1S/C34H39F2N3O5Si/c1-34(2,3)45(4,5)44-21-26-13-9-12-25-18-39(26)33(42)29-31(43-20-22-10-7-6-8-11-22)30(40)27(19-38(25)29)32(41)37-17-23-14-15-24(35)16-28(23)36/h6-11,13-16,19,25-26H,12,17-18,20-21H2,1-5H3,(H,37,41)/t25-,26+/m0/s1. The highest BCUT2D eigenvalue weighted by molar-refractivity contribution is 6.74. The van der Waals surface area contributed by atoms with Crippen molar-refractivity contribution >= 4 is 20.1 Å². The van der Waals surface area contributed by atoms with Gasteiger partial charge in [0.25, 0.3) is 11.8 Å². The number of aromatic nitrogens is 1. The fraction of sp³-hybridized carbons (Fsp3) is 0.382. The fourth-order valence-electron chi connectivity index (χ4n) is 5.23. The zero-order valence-corrected chi connectivity index (χ0v) is 27.2. The minimum Gasteiger partial charge on any atom is -0.483 e. The smallest absolute Gasteiger partial charge is 0.275 e. The largest absolute Gasteiger partial charge is 0.483 e. The van der Waals surface area contributed by atoms with Gasteiger partial charge in [-0.3, -0.25) is 14.4 Å². The summed E-state index contributed by atoms with van der Waals surface area (Å²) in [6.45, 7) is 11.2. The van der Waals surface area contributed by atoms with Crippen molar-refractivity contribution in [3.63, 3.8) is 0 Å². The number of hydrogen-bond donors (Lipinski definition) is 1. The summed E-state index contributed by atoms with van der Waals surface area (Å²) in [6.07, 6.45) is 5.93. The van der Waals surface area contributed by atoms with Gasteiger partial charge in [0.2, 0.25) is 5.43 Å². The number of allylic oxidation sites excluding steroid dienone is 1. The molecule has 0 fully saturated rings. The third-order valence-corrected chi connectivity index (χ3v) is 13.5. The van der Waals surface area contributed by atoms with Crippen LogP contribution in [0.3, 0.4) is 0 Å². The Balaban J connectivity index is 1.50. The highest BCUT2D eigenvalue weighted by atomic mass is 28.4. The van der Waals surface area contributed by atoms with Gasteiger partial charge in [-0.05, 0) is 36.2 Å². The second-order valence-corrected chi connectivity index (χ2v) is 17.9. The van der Waals surface area contributed by atoms with Crippen LogP contribution in [0.15, 0.2) is 71.7 Å². The van der Waals surface area contributed by atoms with E-state index in [0.29, 0.717) is 19.6 Å². The number of amides is 2. The van der Waals surface area contributed by atoms with Gasteiger partial charge < -0.3 is 23.9 Å². The van der Waals surface area contributed by atoms with Crippen molar-refractivity contribution in [1.82, 2.24) is 14.8 Å². The minimum atomic E-state index is -2.11. The van der Waals surface area contributed by atoms with Gasteiger partial charge in [-0.2, -0.15) is 0 Å². The molecule has 2 aliphatic heterocycles. The predicted octanol–water partition coefficient (Wildman–Crippen LogP) is 5.98. The number of nitrogens with one attached hydrogen (secondary N) is 1. The van der Waals surface area contributed by atoms with Gasteiger partial charge >= 0.3 is 0 Å². The van der Waals surface area contributed by atoms with E-state index in [9.17, 15) is 23.2 Å². The Hall–Kier alpha value is -4.09. The van der Waals surface area contributed by atoms with E-state index in [1.807, 2.05) is 42.5 Å². The molecule has 5 rings (SSSR count). The maximum Gasteiger partial charge on any atom is 0.275 e. The molecule has 11 heteroatoms. The molecule has 2 aromatic carbocycles. The van der Waals surface area contributed by atoms with Crippen LogP contribution in [0.1, 0.15) is 65.2 Å². The molecule has 0 spiro atoms. The van der Waals surface area contributed by atoms with E-state index < -0.39 is 31.3 Å². The molecular formula is C34H39F2N3O5Si. The van der Waals surface area contributed by atoms with Gasteiger partial charge in [0.05, 0.1) is 18.7 Å². The highest BCUT2D eigenvalue weighted by Gasteiger charge is 2.42. The minimum absolute atomic E-state index is 0.00303. The summed E-state index contributed by atoms with van der Waals surface area (Å²) in [5.41, 5.74) is -0.0647. The Labute approximate surface area is 262 Å². The van der Waals surface area contributed by atoms with Gasteiger partial charge in [0.1, 0.15) is 23.8 Å². The van der Waals surface area contributed by atoms with E-state index in [0.717, 1.165) is 17.7 Å². The number of rotatable bonds is 9. The Bertz CT molecular complexity index is 1680. The van der Waals surface area contributed by atoms with Crippen molar-refractivity contribution in [2.24, 2.45) is 0 Å². The first-order valence-electron chi connectivity index (χ1n) is 15.1. The number of pyridine rings is 1. The SMILES string of the molecule is CC(C)(C)[Si](C)(C)OC[C@H]1C=CC[C@H]2CN1C(=O)c1c(OCc3ccccc3)c(=O)c(C(=O)NCc3ccc(F)cc3F)cn12. The maximum absolute atomic E-state index is 14.2. The molecule has 2 atom stereocenters. The molecular weight excluding hydrogens is 596 g/mol. The van der Waals surface area contributed by atoms with Crippen LogP contribution in [0.25, 0.3) is 0 Å². The first-order valence-corrected chi connectivity index (χ1v) is 18.0. The van der Waals surface area contributed by atoms with Crippen LogP contribution in [-0.4, -0.2) is 48.8 Å². The van der Waals surface area contributed by atoms with Crippen LogP contribution >= 0.6 is 0 Å². The van der Waals surface area contributed by atoms with Crippen molar-refractivity contribution in [3.05, 3.63) is 111 Å². The Morgan fingerprint density at radius 3 is 2.51 bits per heavy atom. The number of benzene rings is 2. The van der Waals surface area contributed by atoms with Gasteiger partial charge in [0.15, 0.2) is 19.8 Å². The van der Waals surface area contributed by atoms with E-state index in [2.05, 4.69) is 39.2 Å². The quantitative estimate of drug-likeness (QED) is 0.231. The molecule has 0 unspecified atom stereocenters. The van der Waals surface area contributed by atoms with E-state index in [1.54, 1.807) is 9.47 Å². The maximum atomic E-state index is 14.2. The zero-order valence-electron chi connectivity index (χ0n) is 26.2. The molecule has 0 aliphatic carbocycles. The summed E-state index contributed by atoms with van der Waals surface area (Å²) < 4.78 is 41.8. The number of halogens is 2. The number of ether oxygens (including phenoxy) is 1. The van der Waals surface area contributed by atoms with Crippen LogP contribution in [-0.2, 0) is 17.6 Å². The van der Waals surface area contributed by atoms with Crippen molar-refractivity contribution in [1.29, 1.82) is 0 Å². The van der Waals surface area contributed by atoms with E-state index in [4.69, 9.17) is 9.16 Å². The summed E-state index contributed by atoms with van der Waals surface area (Å²) in [6, 6.07) is 11.6. The number of carbonyl (C=O) groups is 2. The zero-order chi connectivity index (χ0) is 32.5. The molecule has 2 bridgehead atoms. The fourth-order valence-corrected chi connectivity index (χ4v) is 6.25. The number of hydrogen-bond acceptors (Lipinski definition) is 5. The summed E-state index contributed by atoms with van der Waals surface area (Å²) in [5.74, 6) is -2.91. The van der Waals surface area contributed by atoms with Gasteiger partial charge in [-0.1, -0.05) is 69.3 Å². The van der Waals surface area contributed by atoms with Crippen molar-refractivity contribution in [2.75, 3.05) is 13.2 Å². The van der Waals surface area contributed by atoms with E-state index >= 15 is 0 Å². The second-order valence-electron chi connectivity index (χ2n) is 13.1. The van der Waals surface area contributed by atoms with Gasteiger partial charge in [-0.15, -0.1) is 0 Å². The lowest BCUT2D eigenvalue weighted by Crippen LogP contribution is -2.51. The normalized spacial score (nSPS) is 17.9. The Kier molecular flexibility index (Phi) is 9.13. The lowest BCUT2D eigenvalue weighted by molar-refractivity contribution is 0.0555. The molecule has 45 heavy (non-hydrogen) atoms. The van der Waals surface area contributed by atoms with Crippen LogP contribution < -0.4 is 15.5 Å². The van der Waals surface area contributed by atoms with Crippen LogP contribution in [0.5, 0.6) is 5.75 Å². The summed E-state index contributed by atoms with van der Waals surface area (Å²) in [5, 5.41) is 2.55. The monoisotopic (exact) mass is 635 g/mol. The van der Waals surface area contributed by atoms with Crippen LogP contribution in [0, 0.1) is 11.6 Å². The molecule has 3 aromatic rings. The molecule has 0 saturated carbocycles. The average molecular weight is 636 g/mol. The first kappa shape index (κ1) is 32.3. The lowest BCUT2D eigenvalue weighted by atomic mass is 10.1. The van der Waals surface area contributed by atoms with Gasteiger partial charge in [-0.25, -0.2) is 8.78 Å². The third kappa shape index (κ3) is 6.79. The predicted molar refractivity (Wildman–Crippen MR) is 170 cm³/mol. The van der Waals surface area contributed by atoms with Crippen molar-refractivity contribution < 1.29 is 27.5 Å².